The Hall–Kier alpha value is -3.02. The molecule has 1 heterocycles. The summed E-state index contributed by atoms with van der Waals surface area (Å²) in [6.07, 6.45) is 7.07. The van der Waals surface area contributed by atoms with Gasteiger partial charge in [-0.05, 0) is 36.8 Å². The summed E-state index contributed by atoms with van der Waals surface area (Å²) < 4.78 is 10.2. The lowest BCUT2D eigenvalue weighted by Gasteiger charge is -2.21. The zero-order chi connectivity index (χ0) is 18.2. The number of rotatable bonds is 6. The smallest absolute Gasteiger partial charge is 0.345 e. The second kappa shape index (κ2) is 8.73. The summed E-state index contributed by atoms with van der Waals surface area (Å²) in [6.45, 7) is 2.20. The van der Waals surface area contributed by atoms with Gasteiger partial charge in [0, 0.05) is 19.8 Å². The van der Waals surface area contributed by atoms with Crippen LogP contribution in [0.3, 0.4) is 0 Å². The van der Waals surface area contributed by atoms with Crippen LogP contribution < -0.4 is 10.1 Å². The first-order valence-corrected chi connectivity index (χ1v) is 7.97. The number of esters is 1. The third-order valence-corrected chi connectivity index (χ3v) is 3.63. The Bertz CT molecular complexity index is 717. The molecule has 0 saturated heterocycles. The van der Waals surface area contributed by atoms with Crippen LogP contribution in [0.15, 0.2) is 60.0 Å². The van der Waals surface area contributed by atoms with Crippen LogP contribution in [-0.2, 0) is 20.9 Å². The van der Waals surface area contributed by atoms with Crippen molar-refractivity contribution in [3.63, 3.8) is 0 Å². The molecule has 0 radical (unpaired) electrons. The average molecular weight is 342 g/mol. The number of methoxy groups -OCH3 is 1. The summed E-state index contributed by atoms with van der Waals surface area (Å²) >= 11 is 0. The Morgan fingerprint density at radius 1 is 1.16 bits per heavy atom. The molecular formula is C19H22N2O4. The van der Waals surface area contributed by atoms with E-state index in [1.165, 1.54) is 0 Å². The largest absolute Gasteiger partial charge is 0.497 e. The molecule has 0 spiro atoms. The molecule has 6 heteroatoms. The molecule has 0 fully saturated rings. The van der Waals surface area contributed by atoms with Crippen molar-refractivity contribution >= 4 is 11.9 Å². The summed E-state index contributed by atoms with van der Waals surface area (Å²) in [7, 11) is 3.36. The highest BCUT2D eigenvalue weighted by Gasteiger charge is 2.25. The van der Waals surface area contributed by atoms with Gasteiger partial charge >= 0.3 is 5.97 Å². The Morgan fingerprint density at radius 2 is 1.88 bits per heavy atom. The zero-order valence-electron chi connectivity index (χ0n) is 14.6. The third kappa shape index (κ3) is 4.73. The molecule has 1 aliphatic heterocycles. The molecule has 0 saturated carbocycles. The molecular weight excluding hydrogens is 320 g/mol. The molecule has 2 rings (SSSR count). The van der Waals surface area contributed by atoms with E-state index in [1.807, 2.05) is 30.3 Å². The van der Waals surface area contributed by atoms with Crippen LogP contribution in [0.2, 0.25) is 0 Å². The predicted molar refractivity (Wildman–Crippen MR) is 94.5 cm³/mol. The zero-order valence-corrected chi connectivity index (χ0v) is 14.6. The van der Waals surface area contributed by atoms with E-state index in [1.54, 1.807) is 44.3 Å². The lowest BCUT2D eigenvalue weighted by molar-refractivity contribution is -0.140. The second-order valence-corrected chi connectivity index (χ2v) is 5.32. The minimum atomic E-state index is -0.642. The van der Waals surface area contributed by atoms with E-state index in [-0.39, 0.29) is 12.2 Å². The maximum atomic E-state index is 12.6. The Morgan fingerprint density at radius 3 is 2.48 bits per heavy atom. The van der Waals surface area contributed by atoms with Crippen LogP contribution in [0.4, 0.5) is 0 Å². The Kier molecular flexibility index (Phi) is 6.39. The van der Waals surface area contributed by atoms with E-state index in [2.05, 4.69) is 5.32 Å². The van der Waals surface area contributed by atoms with Crippen molar-refractivity contribution in [2.45, 2.75) is 13.5 Å². The number of allylic oxidation sites excluding steroid dienone is 3. The van der Waals surface area contributed by atoms with Gasteiger partial charge in [-0.3, -0.25) is 4.79 Å². The summed E-state index contributed by atoms with van der Waals surface area (Å²) in [5.41, 5.74) is 1.38. The molecule has 0 aliphatic carbocycles. The number of hydrogen-bond donors (Lipinski definition) is 1. The highest BCUT2D eigenvalue weighted by atomic mass is 16.5. The number of nitrogens with zero attached hydrogens (tertiary/aromatic N) is 1. The highest BCUT2D eigenvalue weighted by Crippen LogP contribution is 2.17. The van der Waals surface area contributed by atoms with Crippen molar-refractivity contribution < 1.29 is 19.1 Å². The number of carbonyl (C=O) groups excluding carboxylic acids is 2. The maximum Gasteiger partial charge on any atom is 0.345 e. The van der Waals surface area contributed by atoms with Crippen LogP contribution in [0, 0.1) is 0 Å². The first kappa shape index (κ1) is 18.3. The number of carbonyl (C=O) groups is 2. The molecule has 0 unspecified atom stereocenters. The summed E-state index contributed by atoms with van der Waals surface area (Å²) in [5, 5.41) is 2.77. The number of likely N-dealkylation sites (N-methyl/N-ethyl adjacent to an activating group) is 1. The van der Waals surface area contributed by atoms with Crippen LogP contribution in [0.1, 0.15) is 12.5 Å². The predicted octanol–water partition coefficient (Wildman–Crippen LogP) is 2.14. The minimum Gasteiger partial charge on any atom is -0.497 e. The molecule has 25 heavy (non-hydrogen) atoms. The molecule has 1 aliphatic rings. The molecule has 0 aromatic heterocycles. The minimum absolute atomic E-state index is 0.0153. The average Bonchev–Trinajstić information content (AvgIpc) is 2.62. The van der Waals surface area contributed by atoms with Crippen molar-refractivity contribution in [2.75, 3.05) is 20.8 Å². The third-order valence-electron chi connectivity index (χ3n) is 3.63. The normalized spacial score (nSPS) is 14.9. The number of amides is 1. The van der Waals surface area contributed by atoms with Crippen LogP contribution in [0.25, 0.3) is 0 Å². The summed E-state index contributed by atoms with van der Waals surface area (Å²) in [5.74, 6) is -0.377. The van der Waals surface area contributed by atoms with Crippen molar-refractivity contribution in [1.29, 1.82) is 0 Å². The standard InChI is InChI=1S/C19H22N2O4/c1-4-25-19(23)17(16-7-5-6-12-21(16)2)18(22)20-13-14-8-10-15(24-3)11-9-14/h5-12H,4,13H2,1-3H3,(H,20,22)/b17-16+. The molecule has 0 atom stereocenters. The van der Waals surface area contributed by atoms with Gasteiger partial charge in [-0.1, -0.05) is 18.2 Å². The molecule has 1 N–H and O–H groups in total. The van der Waals surface area contributed by atoms with Crippen LogP contribution >= 0.6 is 0 Å². The van der Waals surface area contributed by atoms with Crippen LogP contribution in [0.5, 0.6) is 5.75 Å². The van der Waals surface area contributed by atoms with Crippen molar-refractivity contribution in [3.05, 3.63) is 65.5 Å². The van der Waals surface area contributed by atoms with Gasteiger partial charge in [-0.15, -0.1) is 0 Å². The van der Waals surface area contributed by atoms with Gasteiger partial charge in [0.05, 0.1) is 19.4 Å². The van der Waals surface area contributed by atoms with Gasteiger partial charge in [0.15, 0.2) is 0 Å². The molecule has 0 bridgehead atoms. The summed E-state index contributed by atoms with van der Waals surface area (Å²) in [4.78, 5) is 26.6. The fourth-order valence-corrected chi connectivity index (χ4v) is 2.31. The van der Waals surface area contributed by atoms with E-state index in [4.69, 9.17) is 9.47 Å². The van der Waals surface area contributed by atoms with E-state index in [9.17, 15) is 9.59 Å². The first-order valence-electron chi connectivity index (χ1n) is 7.97. The number of benzene rings is 1. The van der Waals surface area contributed by atoms with Gasteiger partial charge in [-0.25, -0.2) is 4.79 Å². The number of ether oxygens (including phenoxy) is 2. The van der Waals surface area contributed by atoms with Gasteiger partial charge in [0.2, 0.25) is 0 Å². The second-order valence-electron chi connectivity index (χ2n) is 5.32. The van der Waals surface area contributed by atoms with Gasteiger partial charge in [-0.2, -0.15) is 0 Å². The topological polar surface area (TPSA) is 67.9 Å². The number of nitrogens with one attached hydrogen (secondary N) is 1. The van der Waals surface area contributed by atoms with Crippen molar-refractivity contribution in [2.24, 2.45) is 0 Å². The van der Waals surface area contributed by atoms with E-state index in [0.717, 1.165) is 11.3 Å². The lowest BCUT2D eigenvalue weighted by Crippen LogP contribution is -2.32. The van der Waals surface area contributed by atoms with E-state index >= 15 is 0 Å². The van der Waals surface area contributed by atoms with Gasteiger partial charge < -0.3 is 19.7 Å². The number of hydrogen-bond acceptors (Lipinski definition) is 5. The van der Waals surface area contributed by atoms with Gasteiger partial charge in [0.25, 0.3) is 5.91 Å². The Balaban J connectivity index is 2.17. The van der Waals surface area contributed by atoms with Crippen molar-refractivity contribution in [1.82, 2.24) is 10.2 Å². The maximum absolute atomic E-state index is 12.6. The van der Waals surface area contributed by atoms with Crippen molar-refractivity contribution in [3.8, 4) is 5.75 Å². The first-order chi connectivity index (χ1) is 12.1. The molecule has 1 aromatic rings. The van der Waals surface area contributed by atoms with Crippen LogP contribution in [-0.4, -0.2) is 37.5 Å². The van der Waals surface area contributed by atoms with E-state index < -0.39 is 11.9 Å². The monoisotopic (exact) mass is 342 g/mol. The molecule has 132 valence electrons. The molecule has 1 amide bonds. The fraction of sp³-hybridized carbons (Fsp3) is 0.263. The lowest BCUT2D eigenvalue weighted by atomic mass is 10.1. The Labute approximate surface area is 147 Å². The van der Waals surface area contributed by atoms with Gasteiger partial charge in [0.1, 0.15) is 11.3 Å². The highest BCUT2D eigenvalue weighted by molar-refractivity contribution is 6.17. The molecule has 1 aromatic carbocycles. The van der Waals surface area contributed by atoms with E-state index in [0.29, 0.717) is 12.2 Å². The fourth-order valence-electron chi connectivity index (χ4n) is 2.31. The molecule has 6 nitrogen and oxygen atoms in total. The SMILES string of the molecule is CCOC(=O)/C(C(=O)NCc1ccc(OC)cc1)=C1\C=CC=CN1C. The summed E-state index contributed by atoms with van der Waals surface area (Å²) in [6, 6.07) is 7.33. The quantitative estimate of drug-likeness (QED) is 0.371.